The highest BCUT2D eigenvalue weighted by atomic mass is 35.5. The Balaban J connectivity index is 1.69. The number of aromatic nitrogens is 1. The summed E-state index contributed by atoms with van der Waals surface area (Å²) in [4.78, 5) is 4.28. The Morgan fingerprint density at radius 2 is 2.17 bits per heavy atom. The number of nitrogens with zero attached hydrogens (tertiary/aromatic N) is 1. The lowest BCUT2D eigenvalue weighted by molar-refractivity contribution is 0.320. The van der Waals surface area contributed by atoms with Crippen molar-refractivity contribution in [3.63, 3.8) is 0 Å². The highest BCUT2D eigenvalue weighted by Crippen LogP contribution is 2.25. The summed E-state index contributed by atoms with van der Waals surface area (Å²) >= 11 is 6.08. The number of hydrogen-bond donors (Lipinski definition) is 2. The van der Waals surface area contributed by atoms with E-state index in [9.17, 15) is 0 Å². The van der Waals surface area contributed by atoms with E-state index in [0.29, 0.717) is 36.1 Å². The van der Waals surface area contributed by atoms with Gasteiger partial charge in [-0.15, -0.1) is 0 Å². The Bertz CT molecular complexity index is 635. The van der Waals surface area contributed by atoms with E-state index in [1.54, 1.807) is 6.20 Å². The number of pyridine rings is 1. The standard InChI is InChI=1S/C18H22ClN3O/c1-2-23-18-14(10-15(19)12-22-18)11-21-16-8-9-20-17(16)13-6-4-3-5-7-13/h3-7,10,12,16-17,20-21H,2,8-9,11H2,1H3/t16-,17-/m1/s1. The van der Waals surface area contributed by atoms with Crippen LogP contribution < -0.4 is 15.4 Å². The number of ether oxygens (including phenoxy) is 1. The number of nitrogens with one attached hydrogen (secondary N) is 2. The molecule has 2 heterocycles. The van der Waals surface area contributed by atoms with Crippen molar-refractivity contribution in [3.8, 4) is 5.88 Å². The lowest BCUT2D eigenvalue weighted by Crippen LogP contribution is -2.34. The molecule has 23 heavy (non-hydrogen) atoms. The molecule has 5 heteroatoms. The zero-order valence-electron chi connectivity index (χ0n) is 13.3. The number of rotatable bonds is 6. The van der Waals surface area contributed by atoms with Crippen molar-refractivity contribution in [1.82, 2.24) is 15.6 Å². The fourth-order valence-electron chi connectivity index (χ4n) is 3.04. The molecule has 1 aromatic carbocycles. The van der Waals surface area contributed by atoms with E-state index in [-0.39, 0.29) is 0 Å². The van der Waals surface area contributed by atoms with Gasteiger partial charge in [0.05, 0.1) is 11.6 Å². The van der Waals surface area contributed by atoms with Crippen LogP contribution in [0, 0.1) is 0 Å². The first-order valence-corrected chi connectivity index (χ1v) is 8.44. The van der Waals surface area contributed by atoms with E-state index in [1.807, 2.05) is 19.1 Å². The van der Waals surface area contributed by atoms with E-state index in [1.165, 1.54) is 5.56 Å². The van der Waals surface area contributed by atoms with Gasteiger partial charge in [-0.3, -0.25) is 0 Å². The van der Waals surface area contributed by atoms with Crippen molar-refractivity contribution in [2.24, 2.45) is 0 Å². The molecule has 1 aliphatic rings. The zero-order valence-corrected chi connectivity index (χ0v) is 14.0. The van der Waals surface area contributed by atoms with Gasteiger partial charge in [-0.25, -0.2) is 4.98 Å². The molecule has 1 fully saturated rings. The second-order valence-corrected chi connectivity index (χ2v) is 6.11. The highest BCUT2D eigenvalue weighted by molar-refractivity contribution is 6.30. The zero-order chi connectivity index (χ0) is 16.1. The Kier molecular flexibility index (Phi) is 5.49. The van der Waals surface area contributed by atoms with E-state index in [0.717, 1.165) is 18.5 Å². The summed E-state index contributed by atoms with van der Waals surface area (Å²) in [7, 11) is 0. The molecule has 2 N–H and O–H groups in total. The number of benzene rings is 1. The lowest BCUT2D eigenvalue weighted by atomic mass is 10.0. The molecule has 0 unspecified atom stereocenters. The SMILES string of the molecule is CCOc1ncc(Cl)cc1CN[C@@H]1CCN[C@@H]1c1ccccc1. The topological polar surface area (TPSA) is 46.2 Å². The first kappa shape index (κ1) is 16.2. The molecule has 4 nitrogen and oxygen atoms in total. The van der Waals surface area contributed by atoms with Crippen molar-refractivity contribution >= 4 is 11.6 Å². The lowest BCUT2D eigenvalue weighted by Gasteiger charge is -2.22. The molecule has 122 valence electrons. The Labute approximate surface area is 142 Å². The summed E-state index contributed by atoms with van der Waals surface area (Å²) in [6, 6.07) is 13.2. The van der Waals surface area contributed by atoms with Crippen LogP contribution in [0.1, 0.15) is 30.5 Å². The first-order chi connectivity index (χ1) is 11.3. The first-order valence-electron chi connectivity index (χ1n) is 8.07. The summed E-state index contributed by atoms with van der Waals surface area (Å²) in [5.41, 5.74) is 2.31. The van der Waals surface area contributed by atoms with Gasteiger partial charge in [0, 0.05) is 30.4 Å². The average molecular weight is 332 g/mol. The monoisotopic (exact) mass is 331 g/mol. The Morgan fingerprint density at radius 1 is 1.35 bits per heavy atom. The molecule has 0 bridgehead atoms. The van der Waals surface area contributed by atoms with Gasteiger partial charge in [-0.1, -0.05) is 41.9 Å². The largest absolute Gasteiger partial charge is 0.478 e. The van der Waals surface area contributed by atoms with Crippen LogP contribution in [-0.2, 0) is 6.54 Å². The van der Waals surface area contributed by atoms with E-state index < -0.39 is 0 Å². The van der Waals surface area contributed by atoms with Crippen LogP contribution in [0.5, 0.6) is 5.88 Å². The van der Waals surface area contributed by atoms with Gasteiger partial charge in [0.2, 0.25) is 5.88 Å². The van der Waals surface area contributed by atoms with Crippen LogP contribution in [0.4, 0.5) is 0 Å². The summed E-state index contributed by atoms with van der Waals surface area (Å²) in [5, 5.41) is 7.84. The fraction of sp³-hybridized carbons (Fsp3) is 0.389. The van der Waals surface area contributed by atoms with E-state index >= 15 is 0 Å². The molecule has 0 aliphatic carbocycles. The van der Waals surface area contributed by atoms with Crippen molar-refractivity contribution in [3.05, 3.63) is 58.7 Å². The van der Waals surface area contributed by atoms with Gasteiger partial charge in [0.1, 0.15) is 0 Å². The molecule has 2 atom stereocenters. The van der Waals surface area contributed by atoms with Crippen LogP contribution in [0.25, 0.3) is 0 Å². The Morgan fingerprint density at radius 3 is 2.96 bits per heavy atom. The molecule has 3 rings (SSSR count). The van der Waals surface area contributed by atoms with E-state index in [2.05, 4.69) is 39.9 Å². The van der Waals surface area contributed by atoms with Gasteiger partial charge in [0.25, 0.3) is 0 Å². The molecule has 0 amide bonds. The maximum absolute atomic E-state index is 6.08. The Hall–Kier alpha value is -1.62. The van der Waals surface area contributed by atoms with Crippen LogP contribution in [-0.4, -0.2) is 24.2 Å². The smallest absolute Gasteiger partial charge is 0.217 e. The molecule has 0 radical (unpaired) electrons. The fourth-order valence-corrected chi connectivity index (χ4v) is 3.22. The van der Waals surface area contributed by atoms with Crippen LogP contribution >= 0.6 is 11.6 Å². The molecular weight excluding hydrogens is 310 g/mol. The van der Waals surface area contributed by atoms with Crippen LogP contribution in [0.3, 0.4) is 0 Å². The number of halogens is 1. The third kappa shape index (κ3) is 4.02. The van der Waals surface area contributed by atoms with Gasteiger partial charge in [0.15, 0.2) is 0 Å². The van der Waals surface area contributed by atoms with Gasteiger partial charge in [-0.05, 0) is 31.5 Å². The van der Waals surface area contributed by atoms with Crippen molar-refractivity contribution in [2.45, 2.75) is 32.0 Å². The molecule has 1 aliphatic heterocycles. The van der Waals surface area contributed by atoms with Gasteiger partial charge >= 0.3 is 0 Å². The second-order valence-electron chi connectivity index (χ2n) is 5.67. The minimum absolute atomic E-state index is 0.332. The quantitative estimate of drug-likeness (QED) is 0.852. The third-order valence-corrected chi connectivity index (χ3v) is 4.32. The molecule has 0 spiro atoms. The number of hydrogen-bond acceptors (Lipinski definition) is 4. The van der Waals surface area contributed by atoms with Crippen LogP contribution in [0.15, 0.2) is 42.6 Å². The minimum atomic E-state index is 0.332. The summed E-state index contributed by atoms with van der Waals surface area (Å²) < 4.78 is 5.59. The van der Waals surface area contributed by atoms with Gasteiger partial charge in [-0.2, -0.15) is 0 Å². The van der Waals surface area contributed by atoms with Crippen molar-refractivity contribution in [2.75, 3.05) is 13.2 Å². The van der Waals surface area contributed by atoms with E-state index in [4.69, 9.17) is 16.3 Å². The normalized spacial score (nSPS) is 20.6. The minimum Gasteiger partial charge on any atom is -0.478 e. The molecule has 1 saturated heterocycles. The maximum Gasteiger partial charge on any atom is 0.217 e. The molecular formula is C18H22ClN3O. The highest BCUT2D eigenvalue weighted by Gasteiger charge is 2.27. The molecule has 1 aromatic heterocycles. The summed E-state index contributed by atoms with van der Waals surface area (Å²) in [5.74, 6) is 0.659. The predicted octanol–water partition coefficient (Wildman–Crippen LogP) is 3.33. The maximum atomic E-state index is 6.08. The third-order valence-electron chi connectivity index (χ3n) is 4.11. The summed E-state index contributed by atoms with van der Waals surface area (Å²) in [6.07, 6.45) is 2.72. The molecule has 2 aromatic rings. The average Bonchev–Trinajstić information content (AvgIpc) is 3.04. The second kappa shape index (κ2) is 7.77. The van der Waals surface area contributed by atoms with Crippen LogP contribution in [0.2, 0.25) is 5.02 Å². The van der Waals surface area contributed by atoms with Gasteiger partial charge < -0.3 is 15.4 Å². The molecule has 0 saturated carbocycles. The predicted molar refractivity (Wildman–Crippen MR) is 92.8 cm³/mol. The summed E-state index contributed by atoms with van der Waals surface area (Å²) in [6.45, 7) is 4.26. The van der Waals surface area contributed by atoms with Crippen molar-refractivity contribution < 1.29 is 4.74 Å². The van der Waals surface area contributed by atoms with Crippen molar-refractivity contribution in [1.29, 1.82) is 0 Å².